The quantitative estimate of drug-likeness (QED) is 0.567. The molecule has 12 heavy (non-hydrogen) atoms. The number of rotatable bonds is 1. The third kappa shape index (κ3) is 2.13. The fraction of sp³-hybridized carbons (Fsp3) is 1.00. The third-order valence-corrected chi connectivity index (χ3v) is 3.74. The van der Waals surface area contributed by atoms with Crippen molar-refractivity contribution in [1.29, 1.82) is 0 Å². The number of hydrogen-bond donors (Lipinski definition) is 2. The van der Waals surface area contributed by atoms with Gasteiger partial charge in [-0.1, -0.05) is 0 Å². The predicted molar refractivity (Wildman–Crippen MR) is 52.8 cm³/mol. The summed E-state index contributed by atoms with van der Waals surface area (Å²) in [6, 6.07) is 0.552. The molecule has 0 aromatic heterocycles. The molecule has 2 N–H and O–H groups in total. The highest BCUT2D eigenvalue weighted by Gasteiger charge is 2.25. The first-order valence-corrected chi connectivity index (χ1v) is 5.71. The Labute approximate surface area is 78.1 Å². The van der Waals surface area contributed by atoms with Crippen molar-refractivity contribution in [3.63, 3.8) is 0 Å². The van der Waals surface area contributed by atoms with Crippen molar-refractivity contribution >= 4 is 11.8 Å². The molecule has 2 unspecified atom stereocenters. The van der Waals surface area contributed by atoms with Crippen molar-refractivity contribution in [1.82, 2.24) is 16.0 Å². The van der Waals surface area contributed by atoms with E-state index in [0.29, 0.717) is 11.3 Å². The van der Waals surface area contributed by atoms with E-state index in [-0.39, 0.29) is 0 Å². The number of hydrogen-bond acceptors (Lipinski definition) is 3. The Morgan fingerprint density at radius 3 is 2.75 bits per heavy atom. The van der Waals surface area contributed by atoms with Gasteiger partial charge in [-0.05, 0) is 0 Å². The summed E-state index contributed by atoms with van der Waals surface area (Å²) in [5.74, 6) is 1.25. The van der Waals surface area contributed by atoms with Gasteiger partial charge in [-0.15, -0.1) is 0 Å². The maximum absolute atomic E-state index is 4.63. The lowest BCUT2D eigenvalue weighted by atomic mass is 10.1. The molecule has 0 saturated carbocycles. The zero-order valence-electron chi connectivity index (χ0n) is 7.25. The zero-order chi connectivity index (χ0) is 8.23. The Hall–Kier alpha value is 0.230. The van der Waals surface area contributed by atoms with Crippen molar-refractivity contribution in [3.8, 4) is 0 Å². The number of piperazine rings is 1. The van der Waals surface area contributed by atoms with Gasteiger partial charge in [0.25, 0.3) is 0 Å². The highest BCUT2D eigenvalue weighted by Crippen LogP contribution is 2.17. The molecule has 0 aromatic carbocycles. The monoisotopic (exact) mass is 186 g/mol. The van der Waals surface area contributed by atoms with E-state index in [1.54, 1.807) is 0 Å². The van der Waals surface area contributed by atoms with Gasteiger partial charge in [0.1, 0.15) is 0 Å². The van der Waals surface area contributed by atoms with Crippen LogP contribution in [0.2, 0.25) is 0 Å². The summed E-state index contributed by atoms with van der Waals surface area (Å²) >= 11 is 2.07. The van der Waals surface area contributed by atoms with E-state index >= 15 is 0 Å². The minimum Gasteiger partial charge on any atom is -0.315 e. The smallest absolute Gasteiger partial charge is 0.0502 e. The van der Waals surface area contributed by atoms with Crippen LogP contribution < -0.4 is 16.0 Å². The molecule has 2 fully saturated rings. The molecule has 2 aliphatic rings. The van der Waals surface area contributed by atoms with Crippen LogP contribution in [0.5, 0.6) is 0 Å². The van der Waals surface area contributed by atoms with Gasteiger partial charge in [0, 0.05) is 43.7 Å². The van der Waals surface area contributed by atoms with Crippen LogP contribution in [-0.2, 0) is 0 Å². The van der Waals surface area contributed by atoms with Gasteiger partial charge in [-0.2, -0.15) is 11.8 Å². The van der Waals surface area contributed by atoms with E-state index in [4.69, 9.17) is 0 Å². The Bertz CT molecular complexity index is 114. The van der Waals surface area contributed by atoms with E-state index in [9.17, 15) is 0 Å². The molecule has 0 amide bonds. The second kappa shape index (κ2) is 4.46. The molecule has 0 bridgehead atoms. The van der Waals surface area contributed by atoms with E-state index in [1.165, 1.54) is 12.3 Å². The van der Waals surface area contributed by atoms with E-state index < -0.39 is 0 Å². The summed E-state index contributed by atoms with van der Waals surface area (Å²) in [7, 11) is 0. The normalized spacial score (nSPS) is 38.0. The Kier molecular flexibility index (Phi) is 3.28. The second-order valence-electron chi connectivity index (χ2n) is 3.29. The molecule has 2 aliphatic heterocycles. The Balaban J connectivity index is 1.80. The molecule has 4 heteroatoms. The summed E-state index contributed by atoms with van der Waals surface area (Å²) in [5.41, 5.74) is 0. The maximum Gasteiger partial charge on any atom is 0.0502 e. The maximum atomic E-state index is 4.63. The second-order valence-corrected chi connectivity index (χ2v) is 4.64. The van der Waals surface area contributed by atoms with Gasteiger partial charge >= 0.3 is 0 Å². The third-order valence-electron chi connectivity index (χ3n) is 2.39. The lowest BCUT2D eigenvalue weighted by Crippen LogP contribution is -2.53. The van der Waals surface area contributed by atoms with Gasteiger partial charge in [0.2, 0.25) is 0 Å². The highest BCUT2D eigenvalue weighted by atomic mass is 32.2. The van der Waals surface area contributed by atoms with Crippen molar-refractivity contribution in [2.24, 2.45) is 0 Å². The van der Waals surface area contributed by atoms with E-state index in [1.807, 2.05) is 0 Å². The predicted octanol–water partition coefficient (Wildman–Crippen LogP) is -0.732. The molecule has 69 valence electrons. The summed E-state index contributed by atoms with van der Waals surface area (Å²) in [5, 5.41) is 12.2. The molecule has 2 rings (SSSR count). The topological polar surface area (TPSA) is 38.2 Å². The molecule has 0 aliphatic carbocycles. The zero-order valence-corrected chi connectivity index (χ0v) is 8.07. The Morgan fingerprint density at radius 2 is 2.08 bits per heavy atom. The fourth-order valence-corrected chi connectivity index (χ4v) is 2.91. The average molecular weight is 186 g/mol. The largest absolute Gasteiger partial charge is 0.315 e. The SMILES string of the molecule is C1CNCC(C2CNCCS2)[N]1. The molecule has 0 spiro atoms. The molecule has 2 heterocycles. The van der Waals surface area contributed by atoms with Gasteiger partial charge in [0.05, 0.1) is 6.04 Å². The van der Waals surface area contributed by atoms with E-state index in [2.05, 4.69) is 27.7 Å². The average Bonchev–Trinajstić information content (AvgIpc) is 2.21. The lowest BCUT2D eigenvalue weighted by Gasteiger charge is -2.32. The van der Waals surface area contributed by atoms with Crippen LogP contribution in [0.3, 0.4) is 0 Å². The van der Waals surface area contributed by atoms with Crippen LogP contribution >= 0.6 is 11.8 Å². The molecular formula is C8H16N3S. The first-order chi connectivity index (χ1) is 5.97. The van der Waals surface area contributed by atoms with Gasteiger partial charge in [0.15, 0.2) is 0 Å². The number of thioether (sulfide) groups is 1. The minimum atomic E-state index is 0.552. The fourth-order valence-electron chi connectivity index (χ4n) is 1.71. The first kappa shape index (κ1) is 8.81. The molecule has 1 radical (unpaired) electrons. The van der Waals surface area contributed by atoms with Crippen molar-refractivity contribution in [3.05, 3.63) is 0 Å². The summed E-state index contributed by atoms with van der Waals surface area (Å²) < 4.78 is 0. The number of nitrogens with zero attached hydrogens (tertiary/aromatic N) is 1. The van der Waals surface area contributed by atoms with Gasteiger partial charge in [-0.3, -0.25) is 0 Å². The van der Waals surface area contributed by atoms with Crippen molar-refractivity contribution in [2.75, 3.05) is 38.5 Å². The van der Waals surface area contributed by atoms with Gasteiger partial charge < -0.3 is 10.6 Å². The molecular weight excluding hydrogens is 170 g/mol. The van der Waals surface area contributed by atoms with Crippen LogP contribution in [0.25, 0.3) is 0 Å². The van der Waals surface area contributed by atoms with E-state index in [0.717, 1.165) is 26.2 Å². The van der Waals surface area contributed by atoms with Crippen LogP contribution in [-0.4, -0.2) is 49.8 Å². The molecule has 2 atom stereocenters. The van der Waals surface area contributed by atoms with Crippen LogP contribution in [0, 0.1) is 0 Å². The van der Waals surface area contributed by atoms with Crippen molar-refractivity contribution < 1.29 is 0 Å². The van der Waals surface area contributed by atoms with Gasteiger partial charge in [-0.25, -0.2) is 5.32 Å². The first-order valence-electron chi connectivity index (χ1n) is 4.66. The van der Waals surface area contributed by atoms with Crippen LogP contribution in [0.15, 0.2) is 0 Å². The standard InChI is InChI=1S/C8H16N3S/c1-2-11-7(5-9-1)8-6-10-3-4-12-8/h7-10H,1-6H2. The Morgan fingerprint density at radius 1 is 1.17 bits per heavy atom. The number of nitrogens with one attached hydrogen (secondary N) is 2. The minimum absolute atomic E-state index is 0.552. The molecule has 2 saturated heterocycles. The molecule has 0 aromatic rings. The van der Waals surface area contributed by atoms with Crippen LogP contribution in [0.4, 0.5) is 0 Å². The molecule has 3 nitrogen and oxygen atoms in total. The summed E-state index contributed by atoms with van der Waals surface area (Å²) in [6.07, 6.45) is 0. The van der Waals surface area contributed by atoms with Crippen LogP contribution in [0.1, 0.15) is 0 Å². The lowest BCUT2D eigenvalue weighted by molar-refractivity contribution is 0.391. The van der Waals surface area contributed by atoms with Crippen molar-refractivity contribution in [2.45, 2.75) is 11.3 Å². The highest BCUT2D eigenvalue weighted by molar-refractivity contribution is 8.00. The summed E-state index contributed by atoms with van der Waals surface area (Å²) in [6.45, 7) is 5.46. The summed E-state index contributed by atoms with van der Waals surface area (Å²) in [4.78, 5) is 0.